The number of carbonyl (C=O) groups is 5. The largest absolute Gasteiger partial charge is 0.481 e. The second kappa shape index (κ2) is 20.1. The van der Waals surface area contributed by atoms with E-state index in [2.05, 4.69) is 31.6 Å². The number of rotatable bonds is 17. The van der Waals surface area contributed by atoms with Crippen molar-refractivity contribution in [3.63, 3.8) is 0 Å². The second-order valence-electron chi connectivity index (χ2n) is 8.65. The van der Waals surface area contributed by atoms with E-state index in [4.69, 9.17) is 14.9 Å². The number of unbranched alkanes of at least 4 members (excludes halogenated alkanes) is 1. The highest BCUT2D eigenvalue weighted by molar-refractivity contribution is 5.89. The molecule has 17 heteroatoms. The lowest BCUT2D eigenvalue weighted by Crippen LogP contribution is -2.51. The van der Waals surface area contributed by atoms with Gasteiger partial charge >= 0.3 is 30.0 Å². The van der Waals surface area contributed by atoms with E-state index in [9.17, 15) is 33.5 Å². The number of aryl methyl sites for hydroxylation is 1. The fraction of sp³-hybridized carbons (Fsp3) is 0.480. The van der Waals surface area contributed by atoms with Crippen LogP contribution in [0.3, 0.4) is 0 Å². The van der Waals surface area contributed by atoms with Gasteiger partial charge in [0.1, 0.15) is 18.8 Å². The number of carboxylic acid groups (broad SMARTS) is 3. The van der Waals surface area contributed by atoms with Crippen molar-refractivity contribution < 1.29 is 48.4 Å². The molecule has 0 saturated heterocycles. The minimum absolute atomic E-state index is 0.0532. The van der Waals surface area contributed by atoms with Gasteiger partial charge in [0, 0.05) is 25.8 Å². The predicted octanol–water partition coefficient (Wildman–Crippen LogP) is 1.44. The fourth-order valence-electron chi connectivity index (χ4n) is 3.32. The highest BCUT2D eigenvalue weighted by Crippen LogP contribution is 2.05. The van der Waals surface area contributed by atoms with Crippen LogP contribution < -0.4 is 21.3 Å². The molecule has 0 bridgehead atoms. The molecule has 0 aliphatic heterocycles. The van der Waals surface area contributed by atoms with Gasteiger partial charge in [-0.3, -0.25) is 4.79 Å². The summed E-state index contributed by atoms with van der Waals surface area (Å²) in [6.07, 6.45) is 1.63. The summed E-state index contributed by atoms with van der Waals surface area (Å²) < 4.78 is 18.2. The van der Waals surface area contributed by atoms with Crippen LogP contribution in [-0.4, -0.2) is 92.7 Å². The molecule has 2 aromatic rings. The van der Waals surface area contributed by atoms with Crippen molar-refractivity contribution in [2.24, 2.45) is 0 Å². The van der Waals surface area contributed by atoms with Crippen LogP contribution in [0.2, 0.25) is 0 Å². The molecule has 42 heavy (non-hydrogen) atoms. The molecule has 1 aromatic heterocycles. The third-order valence-corrected chi connectivity index (χ3v) is 5.38. The first kappa shape index (κ1) is 35.2. The van der Waals surface area contributed by atoms with E-state index < -0.39 is 55.1 Å². The van der Waals surface area contributed by atoms with E-state index in [1.54, 1.807) is 37.6 Å². The Morgan fingerprint density at radius 1 is 0.952 bits per heavy atom. The highest BCUT2D eigenvalue weighted by Gasteiger charge is 2.24. The van der Waals surface area contributed by atoms with Gasteiger partial charge in [-0.05, 0) is 37.8 Å². The maximum absolute atomic E-state index is 11.9. The van der Waals surface area contributed by atoms with Crippen LogP contribution in [-0.2, 0) is 32.3 Å². The predicted molar refractivity (Wildman–Crippen MR) is 145 cm³/mol. The Balaban J connectivity index is 0.000000666. The van der Waals surface area contributed by atoms with E-state index in [0.717, 1.165) is 5.69 Å². The molecule has 0 aliphatic rings. The smallest absolute Gasteiger partial charge is 0.326 e. The Labute approximate surface area is 240 Å². The Morgan fingerprint density at radius 3 is 2.17 bits per heavy atom. The topological polar surface area (TPSA) is 234 Å². The van der Waals surface area contributed by atoms with Crippen molar-refractivity contribution in [3.05, 3.63) is 42.2 Å². The minimum atomic E-state index is -1.46. The number of nitrogens with one attached hydrogen (secondary N) is 4. The molecule has 232 valence electrons. The number of aromatic nitrogens is 3. The number of carbonyl (C=O) groups excluding carboxylic acids is 2. The Hall–Kier alpha value is -4.80. The van der Waals surface area contributed by atoms with Gasteiger partial charge in [-0.15, -0.1) is 5.10 Å². The molecule has 16 nitrogen and oxygen atoms in total. The first-order chi connectivity index (χ1) is 20.1. The molecule has 0 aliphatic carbocycles. The molecule has 2 atom stereocenters. The van der Waals surface area contributed by atoms with Crippen molar-refractivity contribution in [2.45, 2.75) is 57.3 Å². The summed E-state index contributed by atoms with van der Waals surface area (Å²) in [6.45, 7) is 0.527. The Morgan fingerprint density at radius 2 is 1.60 bits per heavy atom. The van der Waals surface area contributed by atoms with Crippen LogP contribution in [0, 0.1) is 0 Å². The first-order valence-electron chi connectivity index (χ1n) is 12.8. The zero-order chi connectivity index (χ0) is 31.3. The maximum Gasteiger partial charge on any atom is 0.326 e. The number of alkyl halides is 1. The van der Waals surface area contributed by atoms with Gasteiger partial charge < -0.3 is 41.3 Å². The van der Waals surface area contributed by atoms with Crippen LogP contribution in [0.15, 0.2) is 36.5 Å². The summed E-state index contributed by atoms with van der Waals surface area (Å²) in [5.74, 6) is -3.95. The van der Waals surface area contributed by atoms with Gasteiger partial charge in [-0.25, -0.2) is 28.3 Å². The van der Waals surface area contributed by atoms with E-state index in [1.807, 2.05) is 6.07 Å². The Bertz CT molecular complexity index is 1110. The summed E-state index contributed by atoms with van der Waals surface area (Å²) >= 11 is 0. The molecular formula is C25H36FN7O9. The third-order valence-electron chi connectivity index (χ3n) is 5.38. The number of halogens is 1. The number of urea groups is 2. The number of hydrogen-bond acceptors (Lipinski definition) is 8. The minimum Gasteiger partial charge on any atom is -0.481 e. The molecule has 0 saturated carbocycles. The van der Waals surface area contributed by atoms with E-state index >= 15 is 0 Å². The monoisotopic (exact) mass is 596 g/mol. The van der Waals surface area contributed by atoms with E-state index in [1.165, 1.54) is 4.68 Å². The van der Waals surface area contributed by atoms with Gasteiger partial charge in [-0.1, -0.05) is 23.4 Å². The van der Waals surface area contributed by atoms with Crippen molar-refractivity contribution in [2.75, 3.05) is 25.6 Å². The van der Waals surface area contributed by atoms with Crippen LogP contribution in [0.5, 0.6) is 0 Å². The number of benzene rings is 1. The molecule has 2 rings (SSSR count). The lowest BCUT2D eigenvalue weighted by atomic mass is 10.1. The number of methoxy groups -OCH3 is 1. The zero-order valence-corrected chi connectivity index (χ0v) is 23.0. The lowest BCUT2D eigenvalue weighted by molar-refractivity contribution is -0.140. The van der Waals surface area contributed by atoms with Crippen molar-refractivity contribution >= 4 is 35.7 Å². The van der Waals surface area contributed by atoms with Gasteiger partial charge in [0.25, 0.3) is 0 Å². The summed E-state index contributed by atoms with van der Waals surface area (Å²) in [7, 11) is 1.58. The number of ether oxygens (including phenoxy) is 1. The average molecular weight is 597 g/mol. The summed E-state index contributed by atoms with van der Waals surface area (Å²) in [5.41, 5.74) is 1.43. The van der Waals surface area contributed by atoms with Gasteiger partial charge in [0.05, 0.1) is 25.0 Å². The zero-order valence-electron chi connectivity index (χ0n) is 23.0. The molecule has 7 N–H and O–H groups in total. The molecule has 0 fully saturated rings. The first-order valence-corrected chi connectivity index (χ1v) is 12.8. The number of aliphatic carboxylic acids is 3. The molecule has 1 heterocycles. The third kappa shape index (κ3) is 15.1. The van der Waals surface area contributed by atoms with E-state index in [0.29, 0.717) is 25.1 Å². The Kier molecular flexibility index (Phi) is 16.9. The number of nitrogens with zero attached hydrogens (tertiary/aromatic N) is 3. The number of para-hydroxylation sites is 1. The number of carboxylic acids is 3. The van der Waals surface area contributed by atoms with Gasteiger partial charge in [0.15, 0.2) is 0 Å². The number of anilines is 1. The molecular weight excluding hydrogens is 560 g/mol. The van der Waals surface area contributed by atoms with Crippen molar-refractivity contribution in [1.29, 1.82) is 0 Å². The highest BCUT2D eigenvalue weighted by atomic mass is 18.2. The molecule has 0 spiro atoms. The fourth-order valence-corrected chi connectivity index (χ4v) is 3.32. The molecule has 4 amide bonds. The van der Waals surface area contributed by atoms with Gasteiger partial charge in [0.2, 0.25) is 0 Å². The number of amides is 4. The SMILES string of the molecule is COCc1cnnn1CC[18F].O=C(O)CCC(NC(=O)NC(CCCCNC(=O)Nc1ccccc1)C(=O)O)C(=O)O. The lowest BCUT2D eigenvalue weighted by Gasteiger charge is -2.18. The molecule has 2 unspecified atom stereocenters. The summed E-state index contributed by atoms with van der Waals surface area (Å²) in [4.78, 5) is 56.6. The van der Waals surface area contributed by atoms with Crippen LogP contribution >= 0.6 is 0 Å². The van der Waals surface area contributed by atoms with Crippen LogP contribution in [0.4, 0.5) is 19.7 Å². The van der Waals surface area contributed by atoms with Crippen LogP contribution in [0.25, 0.3) is 0 Å². The average Bonchev–Trinajstić information content (AvgIpc) is 3.37. The van der Waals surface area contributed by atoms with Crippen molar-refractivity contribution in [3.8, 4) is 0 Å². The second-order valence-corrected chi connectivity index (χ2v) is 8.65. The van der Waals surface area contributed by atoms with Gasteiger partial charge in [-0.2, -0.15) is 0 Å². The van der Waals surface area contributed by atoms with E-state index in [-0.39, 0.29) is 25.9 Å². The standard InChI is InChI=1S/C19H26N4O8.C6H10FN3O/c24-15(25)10-9-14(17(28)29)23-19(31)22-13(16(26)27)8-4-5-11-20-18(30)21-12-6-2-1-3-7-12;1-11-5-6-4-8-9-10(6)3-2-7/h1-3,6-7,13-14H,4-5,8-11H2,(H,24,25)(H,26,27)(H,28,29)(H2,20,21,30)(H2,22,23,31);4H,2-3,5H2,1H3/i;7-1. The normalized spacial score (nSPS) is 11.7. The molecule has 1 aromatic carbocycles. The quantitative estimate of drug-likeness (QED) is 0.129. The molecule has 0 radical (unpaired) electrons. The van der Waals surface area contributed by atoms with Crippen molar-refractivity contribution in [1.82, 2.24) is 30.9 Å². The summed E-state index contributed by atoms with van der Waals surface area (Å²) in [6, 6.07) is 4.66. The van der Waals surface area contributed by atoms with Crippen LogP contribution in [0.1, 0.15) is 37.8 Å². The maximum atomic E-state index is 11.9. The number of hydrogen-bond donors (Lipinski definition) is 7. The summed E-state index contributed by atoms with van der Waals surface area (Å²) in [5, 5.41) is 43.7.